The maximum absolute atomic E-state index is 12.3. The molecule has 0 aliphatic carbocycles. The number of piperazine rings is 1. The summed E-state index contributed by atoms with van der Waals surface area (Å²) in [7, 11) is 1.66. The Bertz CT molecular complexity index is 479. The topological polar surface area (TPSA) is 41.6 Å². The Balaban J connectivity index is 1.97. The number of amides is 1. The quantitative estimate of drug-likeness (QED) is 0.913. The van der Waals surface area contributed by atoms with Crippen molar-refractivity contribution in [1.82, 2.24) is 10.2 Å². The number of carbonyl (C=O) groups is 1. The van der Waals surface area contributed by atoms with Crippen LogP contribution in [0.3, 0.4) is 0 Å². The average Bonchev–Trinajstić information content (AvgIpc) is 2.45. The summed E-state index contributed by atoms with van der Waals surface area (Å²) in [6.07, 6.45) is 1.23. The molecule has 1 unspecified atom stereocenters. The number of hydrogen-bond donors (Lipinski definition) is 1. The average molecular weight is 341 g/mol. The highest BCUT2D eigenvalue weighted by Gasteiger charge is 2.22. The van der Waals surface area contributed by atoms with Crippen LogP contribution in [0, 0.1) is 0 Å². The summed E-state index contributed by atoms with van der Waals surface area (Å²) in [5.74, 6) is 1.07. The molecule has 4 nitrogen and oxygen atoms in total. The highest BCUT2D eigenvalue weighted by atomic mass is 79.9. The number of ether oxygens (including phenoxy) is 1. The van der Waals surface area contributed by atoms with Crippen molar-refractivity contribution >= 4 is 21.8 Å². The SMILES string of the molecule is COc1ccc(Br)cc1CCC(=O)N1CCNCC1C. The van der Waals surface area contributed by atoms with Gasteiger partial charge in [0.2, 0.25) is 5.91 Å². The normalized spacial score (nSPS) is 18.9. The summed E-state index contributed by atoms with van der Waals surface area (Å²) in [4.78, 5) is 14.3. The van der Waals surface area contributed by atoms with E-state index in [4.69, 9.17) is 4.74 Å². The van der Waals surface area contributed by atoms with Gasteiger partial charge in [-0.15, -0.1) is 0 Å². The van der Waals surface area contributed by atoms with E-state index in [2.05, 4.69) is 28.2 Å². The van der Waals surface area contributed by atoms with Crippen molar-refractivity contribution in [2.45, 2.75) is 25.8 Å². The second-order valence-corrected chi connectivity index (χ2v) is 6.01. The molecule has 1 fully saturated rings. The molecule has 1 atom stereocenters. The summed E-state index contributed by atoms with van der Waals surface area (Å²) in [5, 5.41) is 3.30. The van der Waals surface area contributed by atoms with Crippen molar-refractivity contribution in [2.24, 2.45) is 0 Å². The monoisotopic (exact) mass is 340 g/mol. The predicted molar refractivity (Wildman–Crippen MR) is 83.1 cm³/mol. The lowest BCUT2D eigenvalue weighted by atomic mass is 10.1. The second kappa shape index (κ2) is 7.09. The molecule has 1 N–H and O–H groups in total. The Labute approximate surface area is 128 Å². The van der Waals surface area contributed by atoms with Crippen molar-refractivity contribution in [3.8, 4) is 5.75 Å². The van der Waals surface area contributed by atoms with Crippen molar-refractivity contribution in [3.05, 3.63) is 28.2 Å². The molecule has 1 aliphatic rings. The molecular weight excluding hydrogens is 320 g/mol. The molecule has 1 aliphatic heterocycles. The van der Waals surface area contributed by atoms with E-state index in [9.17, 15) is 4.79 Å². The van der Waals surface area contributed by atoms with E-state index in [0.717, 1.165) is 35.4 Å². The number of halogens is 1. The first kappa shape index (κ1) is 15.3. The number of benzene rings is 1. The van der Waals surface area contributed by atoms with Crippen molar-refractivity contribution in [1.29, 1.82) is 0 Å². The minimum absolute atomic E-state index is 0.223. The van der Waals surface area contributed by atoms with E-state index in [1.54, 1.807) is 7.11 Å². The Morgan fingerprint density at radius 2 is 2.35 bits per heavy atom. The molecule has 2 rings (SSSR count). The van der Waals surface area contributed by atoms with E-state index in [-0.39, 0.29) is 11.9 Å². The van der Waals surface area contributed by atoms with Crippen LogP contribution in [-0.2, 0) is 11.2 Å². The molecule has 0 radical (unpaired) electrons. The number of rotatable bonds is 4. The van der Waals surface area contributed by atoms with E-state index >= 15 is 0 Å². The van der Waals surface area contributed by atoms with Gasteiger partial charge in [0.15, 0.2) is 0 Å². The molecule has 5 heteroatoms. The smallest absolute Gasteiger partial charge is 0.223 e. The summed E-state index contributed by atoms with van der Waals surface area (Å²) in [5.41, 5.74) is 1.07. The molecule has 1 aromatic rings. The third-order valence-electron chi connectivity index (χ3n) is 3.67. The molecule has 1 amide bonds. The molecular formula is C15H21BrN2O2. The third-order valence-corrected chi connectivity index (χ3v) is 4.17. The lowest BCUT2D eigenvalue weighted by Gasteiger charge is -2.34. The van der Waals surface area contributed by atoms with Crippen LogP contribution in [0.5, 0.6) is 5.75 Å². The van der Waals surface area contributed by atoms with E-state index < -0.39 is 0 Å². The number of methoxy groups -OCH3 is 1. The highest BCUT2D eigenvalue weighted by Crippen LogP contribution is 2.24. The lowest BCUT2D eigenvalue weighted by molar-refractivity contribution is -0.133. The summed E-state index contributed by atoms with van der Waals surface area (Å²) >= 11 is 3.46. The molecule has 0 spiro atoms. The van der Waals surface area contributed by atoms with Gasteiger partial charge in [0.05, 0.1) is 7.11 Å². The molecule has 20 heavy (non-hydrogen) atoms. The second-order valence-electron chi connectivity index (χ2n) is 5.10. The van der Waals surface area contributed by atoms with E-state index in [0.29, 0.717) is 12.8 Å². The minimum atomic E-state index is 0.223. The first-order chi connectivity index (χ1) is 9.61. The fourth-order valence-electron chi connectivity index (χ4n) is 2.54. The number of nitrogens with one attached hydrogen (secondary N) is 1. The largest absolute Gasteiger partial charge is 0.496 e. The number of carbonyl (C=O) groups excluding carboxylic acids is 1. The van der Waals surface area contributed by atoms with Gasteiger partial charge < -0.3 is 15.0 Å². The Morgan fingerprint density at radius 1 is 1.55 bits per heavy atom. The minimum Gasteiger partial charge on any atom is -0.496 e. The zero-order valence-electron chi connectivity index (χ0n) is 12.0. The molecule has 0 aromatic heterocycles. The van der Waals surface area contributed by atoms with Crippen LogP contribution in [0.2, 0.25) is 0 Å². The zero-order valence-corrected chi connectivity index (χ0v) is 13.6. The van der Waals surface area contributed by atoms with Crippen molar-refractivity contribution < 1.29 is 9.53 Å². The van der Waals surface area contributed by atoms with Gasteiger partial charge in [0, 0.05) is 36.6 Å². The van der Waals surface area contributed by atoms with Crippen molar-refractivity contribution in [3.63, 3.8) is 0 Å². The maximum atomic E-state index is 12.3. The van der Waals surface area contributed by atoms with Crippen LogP contribution in [0.15, 0.2) is 22.7 Å². The van der Waals surface area contributed by atoms with Crippen molar-refractivity contribution in [2.75, 3.05) is 26.7 Å². The lowest BCUT2D eigenvalue weighted by Crippen LogP contribution is -2.52. The number of aryl methyl sites for hydroxylation is 1. The summed E-state index contributed by atoms with van der Waals surface area (Å²) in [6, 6.07) is 6.17. The van der Waals surface area contributed by atoms with Crippen LogP contribution in [-0.4, -0.2) is 43.6 Å². The van der Waals surface area contributed by atoms with Crippen LogP contribution in [0.25, 0.3) is 0 Å². The van der Waals surface area contributed by atoms with Gasteiger partial charge in [-0.05, 0) is 37.1 Å². The van der Waals surface area contributed by atoms with Gasteiger partial charge in [-0.2, -0.15) is 0 Å². The fourth-order valence-corrected chi connectivity index (χ4v) is 2.95. The Morgan fingerprint density at radius 3 is 3.05 bits per heavy atom. The highest BCUT2D eigenvalue weighted by molar-refractivity contribution is 9.10. The molecule has 0 bridgehead atoms. The van der Waals surface area contributed by atoms with Crippen LogP contribution < -0.4 is 10.1 Å². The van der Waals surface area contributed by atoms with Crippen LogP contribution >= 0.6 is 15.9 Å². The summed E-state index contributed by atoms with van der Waals surface area (Å²) in [6.45, 7) is 4.65. The van der Waals surface area contributed by atoms with Gasteiger partial charge in [0.1, 0.15) is 5.75 Å². The van der Waals surface area contributed by atoms with Gasteiger partial charge >= 0.3 is 0 Å². The Kier molecular flexibility index (Phi) is 5.43. The molecule has 1 aromatic carbocycles. The molecule has 1 heterocycles. The molecule has 0 saturated carbocycles. The first-order valence-corrected chi connectivity index (χ1v) is 7.73. The zero-order chi connectivity index (χ0) is 14.5. The summed E-state index contributed by atoms with van der Waals surface area (Å²) < 4.78 is 6.35. The predicted octanol–water partition coefficient (Wildman–Crippen LogP) is 2.21. The van der Waals surface area contributed by atoms with E-state index in [1.165, 1.54) is 0 Å². The fraction of sp³-hybridized carbons (Fsp3) is 0.533. The molecule has 110 valence electrons. The number of nitrogens with zero attached hydrogens (tertiary/aromatic N) is 1. The third kappa shape index (κ3) is 3.73. The van der Waals surface area contributed by atoms with Gasteiger partial charge in [-0.25, -0.2) is 0 Å². The standard InChI is InChI=1S/C15H21BrN2O2/c1-11-10-17-7-8-18(11)15(19)6-3-12-9-13(16)4-5-14(12)20-2/h4-5,9,11,17H,3,6-8,10H2,1-2H3. The first-order valence-electron chi connectivity index (χ1n) is 6.94. The van der Waals surface area contributed by atoms with Crippen LogP contribution in [0.4, 0.5) is 0 Å². The van der Waals surface area contributed by atoms with Gasteiger partial charge in [-0.1, -0.05) is 15.9 Å². The number of hydrogen-bond acceptors (Lipinski definition) is 3. The van der Waals surface area contributed by atoms with Gasteiger partial charge in [0.25, 0.3) is 0 Å². The van der Waals surface area contributed by atoms with E-state index in [1.807, 2.05) is 23.1 Å². The van der Waals surface area contributed by atoms with Gasteiger partial charge in [-0.3, -0.25) is 4.79 Å². The Hall–Kier alpha value is -1.07. The maximum Gasteiger partial charge on any atom is 0.223 e. The molecule has 1 saturated heterocycles. The van der Waals surface area contributed by atoms with Crippen LogP contribution in [0.1, 0.15) is 18.9 Å².